The average Bonchev–Trinajstić information content (AvgIpc) is 3.13. The summed E-state index contributed by atoms with van der Waals surface area (Å²) in [6.07, 6.45) is 0. The Morgan fingerprint density at radius 1 is 0.760 bits per heavy atom. The zero-order valence-electron chi connectivity index (χ0n) is 15.2. The molecule has 1 aliphatic heterocycles. The maximum atomic E-state index is 12.4. The van der Waals surface area contributed by atoms with Crippen molar-refractivity contribution < 1.29 is 14.3 Å². The van der Waals surface area contributed by atoms with E-state index in [1.807, 2.05) is 41.5 Å². The standard InChI is InChI=1S/C20H20O3S2/c1-9-7-15(13(5)24-9)11(3)17-18(20(22)23-19(17)21)12(4)16-8-10(2)25-14(16)6/h7-8H,1-6H3/b17-11-,18-12+. The van der Waals surface area contributed by atoms with E-state index in [4.69, 9.17) is 4.74 Å². The maximum absolute atomic E-state index is 12.4. The first kappa shape index (κ1) is 17.8. The third kappa shape index (κ3) is 3.02. The van der Waals surface area contributed by atoms with E-state index >= 15 is 0 Å². The number of carbonyl (C=O) groups is 2. The van der Waals surface area contributed by atoms with E-state index in [1.165, 1.54) is 9.75 Å². The van der Waals surface area contributed by atoms with Crippen molar-refractivity contribution >= 4 is 45.8 Å². The Bertz CT molecular complexity index is 889. The summed E-state index contributed by atoms with van der Waals surface area (Å²) < 4.78 is 4.98. The molecular formula is C20H20O3S2. The third-order valence-corrected chi connectivity index (χ3v) is 6.42. The van der Waals surface area contributed by atoms with E-state index in [1.54, 1.807) is 22.7 Å². The minimum Gasteiger partial charge on any atom is -0.386 e. The van der Waals surface area contributed by atoms with Crippen LogP contribution < -0.4 is 0 Å². The van der Waals surface area contributed by atoms with Crippen LogP contribution in [-0.4, -0.2) is 11.9 Å². The van der Waals surface area contributed by atoms with Crippen LogP contribution >= 0.6 is 22.7 Å². The summed E-state index contributed by atoms with van der Waals surface area (Å²) in [6, 6.07) is 4.12. The summed E-state index contributed by atoms with van der Waals surface area (Å²) in [5, 5.41) is 0. The molecule has 0 saturated carbocycles. The van der Waals surface area contributed by atoms with E-state index in [0.29, 0.717) is 11.1 Å². The Kier molecular flexibility index (Phi) is 4.56. The van der Waals surface area contributed by atoms with Gasteiger partial charge in [0.05, 0.1) is 11.1 Å². The molecule has 3 nitrogen and oxygen atoms in total. The van der Waals surface area contributed by atoms with Crippen LogP contribution in [0.25, 0.3) is 11.1 Å². The highest BCUT2D eigenvalue weighted by Crippen LogP contribution is 2.39. The quantitative estimate of drug-likeness (QED) is 0.404. The van der Waals surface area contributed by atoms with Gasteiger partial charge in [-0.25, -0.2) is 9.59 Å². The molecule has 0 aliphatic carbocycles. The second-order valence-electron chi connectivity index (χ2n) is 6.33. The van der Waals surface area contributed by atoms with Gasteiger partial charge in [0.1, 0.15) is 0 Å². The summed E-state index contributed by atoms with van der Waals surface area (Å²) in [5.41, 5.74) is 4.41. The SMILES string of the molecule is C/C(=C1/C(=O)OC(=O)/C1=C(\C)c1cc(C)sc1C)c1cc(C)sc1C. The fraction of sp³-hybridized carbons (Fsp3) is 0.300. The Hall–Kier alpha value is -1.98. The first-order valence-corrected chi connectivity index (χ1v) is 9.67. The van der Waals surface area contributed by atoms with Gasteiger partial charge in [0, 0.05) is 19.5 Å². The molecular weight excluding hydrogens is 352 g/mol. The maximum Gasteiger partial charge on any atom is 0.347 e. The average molecular weight is 373 g/mol. The summed E-state index contributed by atoms with van der Waals surface area (Å²) in [5.74, 6) is -1.10. The molecule has 0 unspecified atom stereocenters. The number of rotatable bonds is 2. The normalized spacial score (nSPS) is 18.6. The Balaban J connectivity index is 2.27. The third-order valence-electron chi connectivity index (χ3n) is 4.48. The number of hydrogen-bond acceptors (Lipinski definition) is 5. The van der Waals surface area contributed by atoms with Gasteiger partial charge >= 0.3 is 11.9 Å². The Labute approximate surface area is 155 Å². The fourth-order valence-electron chi connectivity index (χ4n) is 3.35. The fourth-order valence-corrected chi connectivity index (χ4v) is 5.31. The van der Waals surface area contributed by atoms with Gasteiger partial charge in [-0.05, 0) is 75.9 Å². The van der Waals surface area contributed by atoms with Gasteiger partial charge < -0.3 is 4.74 Å². The molecule has 0 bridgehead atoms. The first-order chi connectivity index (χ1) is 11.7. The second-order valence-corrected chi connectivity index (χ2v) is 9.25. The van der Waals surface area contributed by atoms with Crippen LogP contribution in [0.4, 0.5) is 0 Å². The van der Waals surface area contributed by atoms with Crippen LogP contribution in [0.1, 0.15) is 44.5 Å². The van der Waals surface area contributed by atoms with Crippen molar-refractivity contribution in [3.05, 3.63) is 53.9 Å². The number of allylic oxidation sites excluding steroid dienone is 2. The molecule has 0 spiro atoms. The molecule has 1 saturated heterocycles. The van der Waals surface area contributed by atoms with Gasteiger partial charge in [-0.1, -0.05) is 0 Å². The van der Waals surface area contributed by atoms with Crippen LogP contribution in [-0.2, 0) is 14.3 Å². The van der Waals surface area contributed by atoms with Gasteiger partial charge in [-0.15, -0.1) is 22.7 Å². The topological polar surface area (TPSA) is 43.4 Å². The van der Waals surface area contributed by atoms with Crippen molar-refractivity contribution in [2.45, 2.75) is 41.5 Å². The lowest BCUT2D eigenvalue weighted by atomic mass is 9.92. The number of hydrogen-bond donors (Lipinski definition) is 0. The van der Waals surface area contributed by atoms with Crippen LogP contribution in [0.5, 0.6) is 0 Å². The van der Waals surface area contributed by atoms with Crippen molar-refractivity contribution in [2.75, 3.05) is 0 Å². The summed E-state index contributed by atoms with van der Waals surface area (Å²) in [7, 11) is 0. The van der Waals surface area contributed by atoms with Gasteiger partial charge in [0.25, 0.3) is 0 Å². The van der Waals surface area contributed by atoms with Gasteiger partial charge in [0.2, 0.25) is 0 Å². The molecule has 0 aromatic carbocycles. The van der Waals surface area contributed by atoms with Crippen LogP contribution in [0.2, 0.25) is 0 Å². The Morgan fingerprint density at radius 3 is 1.40 bits per heavy atom. The van der Waals surface area contributed by atoms with E-state index in [9.17, 15) is 9.59 Å². The molecule has 2 aromatic rings. The van der Waals surface area contributed by atoms with Gasteiger partial charge in [-0.3, -0.25) is 0 Å². The lowest BCUT2D eigenvalue weighted by Gasteiger charge is -2.08. The molecule has 25 heavy (non-hydrogen) atoms. The number of cyclic esters (lactones) is 2. The molecule has 1 aliphatic rings. The number of ether oxygens (including phenoxy) is 1. The lowest BCUT2D eigenvalue weighted by Crippen LogP contribution is -2.00. The number of esters is 2. The highest BCUT2D eigenvalue weighted by atomic mass is 32.1. The van der Waals surface area contributed by atoms with Gasteiger partial charge in [-0.2, -0.15) is 0 Å². The van der Waals surface area contributed by atoms with Crippen molar-refractivity contribution in [1.82, 2.24) is 0 Å². The van der Waals surface area contributed by atoms with Gasteiger partial charge in [0.15, 0.2) is 0 Å². The van der Waals surface area contributed by atoms with Crippen molar-refractivity contribution in [2.24, 2.45) is 0 Å². The molecule has 3 heterocycles. The molecule has 0 atom stereocenters. The molecule has 0 N–H and O–H groups in total. The van der Waals surface area contributed by atoms with Crippen LogP contribution in [0.3, 0.4) is 0 Å². The van der Waals surface area contributed by atoms with E-state index in [-0.39, 0.29) is 0 Å². The lowest BCUT2D eigenvalue weighted by molar-refractivity contribution is -0.149. The van der Waals surface area contributed by atoms with Crippen molar-refractivity contribution in [3.8, 4) is 0 Å². The molecule has 130 valence electrons. The highest BCUT2D eigenvalue weighted by molar-refractivity contribution is 7.12. The Morgan fingerprint density at radius 2 is 1.12 bits per heavy atom. The van der Waals surface area contributed by atoms with E-state index in [2.05, 4.69) is 12.1 Å². The predicted molar refractivity (Wildman–Crippen MR) is 104 cm³/mol. The first-order valence-electron chi connectivity index (χ1n) is 8.04. The molecule has 5 heteroatoms. The largest absolute Gasteiger partial charge is 0.386 e. The van der Waals surface area contributed by atoms with Crippen molar-refractivity contribution in [1.29, 1.82) is 0 Å². The summed E-state index contributed by atoms with van der Waals surface area (Å²) in [4.78, 5) is 29.5. The molecule has 0 radical (unpaired) electrons. The van der Waals surface area contributed by atoms with E-state index in [0.717, 1.165) is 32.0 Å². The number of aryl methyl sites for hydroxylation is 4. The minimum absolute atomic E-state index is 0.395. The monoisotopic (exact) mass is 372 g/mol. The minimum atomic E-state index is -0.551. The molecule has 1 fully saturated rings. The zero-order chi connectivity index (χ0) is 18.5. The number of carbonyl (C=O) groups excluding carboxylic acids is 2. The highest BCUT2D eigenvalue weighted by Gasteiger charge is 2.37. The van der Waals surface area contributed by atoms with Crippen LogP contribution in [0, 0.1) is 27.7 Å². The molecule has 3 rings (SSSR count). The number of thiophene rings is 2. The van der Waals surface area contributed by atoms with Crippen LogP contribution in [0.15, 0.2) is 23.3 Å². The molecule has 0 amide bonds. The van der Waals surface area contributed by atoms with E-state index < -0.39 is 11.9 Å². The smallest absolute Gasteiger partial charge is 0.347 e. The summed E-state index contributed by atoms with van der Waals surface area (Å²) in [6.45, 7) is 11.9. The summed E-state index contributed by atoms with van der Waals surface area (Å²) >= 11 is 3.37. The van der Waals surface area contributed by atoms with Crippen molar-refractivity contribution in [3.63, 3.8) is 0 Å². The second kappa shape index (κ2) is 6.39. The zero-order valence-corrected chi connectivity index (χ0v) is 16.8. The molecule has 2 aromatic heterocycles. The predicted octanol–water partition coefficient (Wildman–Crippen LogP) is 5.37.